The van der Waals surface area contributed by atoms with Gasteiger partial charge in [0, 0.05) is 7.05 Å². The monoisotopic (exact) mass is 360 g/mol. The molecule has 6 heteroatoms. The van der Waals surface area contributed by atoms with Gasteiger partial charge >= 0.3 is 0 Å². The van der Waals surface area contributed by atoms with Crippen LogP contribution in [0.15, 0.2) is 53.4 Å². The summed E-state index contributed by atoms with van der Waals surface area (Å²) in [5.74, 6) is -0.340. The molecule has 2 aromatic carbocycles. The summed E-state index contributed by atoms with van der Waals surface area (Å²) in [6.45, 7) is 5.23. The zero-order valence-electron chi connectivity index (χ0n) is 15.0. The molecule has 2 aromatic rings. The van der Waals surface area contributed by atoms with E-state index in [-0.39, 0.29) is 23.4 Å². The summed E-state index contributed by atoms with van der Waals surface area (Å²) in [6.07, 6.45) is 0. The first-order valence-electron chi connectivity index (χ1n) is 8.09. The lowest BCUT2D eigenvalue weighted by Crippen LogP contribution is -2.39. The van der Waals surface area contributed by atoms with E-state index in [0.717, 1.165) is 15.4 Å². The number of likely N-dealkylation sites (N-methyl/N-ethyl adjacent to an activating group) is 1. The minimum atomic E-state index is -3.72. The fraction of sp³-hybridized carbons (Fsp3) is 0.316. The molecule has 0 fully saturated rings. The van der Waals surface area contributed by atoms with Crippen molar-refractivity contribution in [1.29, 1.82) is 0 Å². The highest BCUT2D eigenvalue weighted by Crippen LogP contribution is 2.20. The van der Waals surface area contributed by atoms with E-state index in [4.69, 9.17) is 0 Å². The Labute approximate surface area is 149 Å². The molecular formula is C19H24N2O3S. The van der Waals surface area contributed by atoms with Gasteiger partial charge in [-0.15, -0.1) is 0 Å². The molecule has 25 heavy (non-hydrogen) atoms. The van der Waals surface area contributed by atoms with Crippen molar-refractivity contribution in [3.63, 3.8) is 0 Å². The van der Waals surface area contributed by atoms with Gasteiger partial charge in [-0.05, 0) is 43.5 Å². The van der Waals surface area contributed by atoms with Gasteiger partial charge in [-0.25, -0.2) is 8.42 Å². The van der Waals surface area contributed by atoms with E-state index in [1.54, 1.807) is 19.1 Å². The number of benzene rings is 2. The van der Waals surface area contributed by atoms with E-state index in [1.807, 2.05) is 50.2 Å². The van der Waals surface area contributed by atoms with Gasteiger partial charge in [-0.3, -0.25) is 4.79 Å². The highest BCUT2D eigenvalue weighted by molar-refractivity contribution is 7.89. The Morgan fingerprint density at radius 2 is 1.76 bits per heavy atom. The lowest BCUT2D eigenvalue weighted by molar-refractivity contribution is -0.121. The van der Waals surface area contributed by atoms with Crippen LogP contribution < -0.4 is 5.32 Å². The molecule has 0 heterocycles. The Bertz CT molecular complexity index is 848. The number of hydrogen-bond acceptors (Lipinski definition) is 3. The van der Waals surface area contributed by atoms with Crippen molar-refractivity contribution in [2.24, 2.45) is 0 Å². The van der Waals surface area contributed by atoms with Gasteiger partial charge in [-0.1, -0.05) is 42.5 Å². The van der Waals surface area contributed by atoms with Crippen LogP contribution >= 0.6 is 0 Å². The molecule has 0 spiro atoms. The van der Waals surface area contributed by atoms with E-state index in [9.17, 15) is 13.2 Å². The van der Waals surface area contributed by atoms with E-state index in [2.05, 4.69) is 5.32 Å². The zero-order valence-corrected chi connectivity index (χ0v) is 15.8. The second-order valence-electron chi connectivity index (χ2n) is 6.23. The standard InChI is InChI=1S/C19H24N2O3S/c1-14-10-11-15(2)18(12-14)25(23,24)21(4)13-19(22)20-16(3)17-8-6-5-7-9-17/h5-12,16H,13H2,1-4H3,(H,20,22). The number of amides is 1. The maximum absolute atomic E-state index is 12.7. The predicted molar refractivity (Wildman–Crippen MR) is 98.7 cm³/mol. The normalized spacial score (nSPS) is 12.8. The zero-order chi connectivity index (χ0) is 18.6. The SMILES string of the molecule is Cc1ccc(C)c(S(=O)(=O)N(C)CC(=O)NC(C)c2ccccc2)c1. The Morgan fingerprint density at radius 1 is 1.12 bits per heavy atom. The van der Waals surface area contributed by atoms with E-state index in [1.165, 1.54) is 7.05 Å². The number of rotatable bonds is 6. The van der Waals surface area contributed by atoms with Crippen molar-refractivity contribution >= 4 is 15.9 Å². The third-order valence-electron chi connectivity index (χ3n) is 4.08. The minimum Gasteiger partial charge on any atom is -0.348 e. The lowest BCUT2D eigenvalue weighted by atomic mass is 10.1. The first kappa shape index (κ1) is 19.1. The van der Waals surface area contributed by atoms with Crippen LogP contribution in [0.25, 0.3) is 0 Å². The van der Waals surface area contributed by atoms with Gasteiger partial charge in [0.1, 0.15) is 0 Å². The minimum absolute atomic E-state index is 0.189. The topological polar surface area (TPSA) is 66.5 Å². The third kappa shape index (κ3) is 4.67. The molecule has 0 bridgehead atoms. The van der Waals surface area contributed by atoms with Crippen LogP contribution in [-0.2, 0) is 14.8 Å². The summed E-state index contributed by atoms with van der Waals surface area (Å²) in [7, 11) is -2.29. The Kier molecular flexibility index (Phi) is 5.98. The molecule has 1 amide bonds. The molecule has 0 saturated carbocycles. The molecule has 0 aliphatic heterocycles. The lowest BCUT2D eigenvalue weighted by Gasteiger charge is -2.20. The quantitative estimate of drug-likeness (QED) is 0.861. The summed E-state index contributed by atoms with van der Waals surface area (Å²) in [6, 6.07) is 14.6. The molecule has 5 nitrogen and oxygen atoms in total. The average Bonchev–Trinajstić information content (AvgIpc) is 2.57. The molecule has 1 unspecified atom stereocenters. The average molecular weight is 360 g/mol. The number of hydrogen-bond donors (Lipinski definition) is 1. The van der Waals surface area contributed by atoms with E-state index < -0.39 is 10.0 Å². The first-order chi connectivity index (χ1) is 11.7. The number of carbonyl (C=O) groups excluding carboxylic acids is 1. The van der Waals surface area contributed by atoms with Crippen LogP contribution in [0.3, 0.4) is 0 Å². The molecular weight excluding hydrogens is 336 g/mol. The van der Waals surface area contributed by atoms with Crippen molar-refractivity contribution < 1.29 is 13.2 Å². The van der Waals surface area contributed by atoms with E-state index >= 15 is 0 Å². The number of carbonyl (C=O) groups is 1. The summed E-state index contributed by atoms with van der Waals surface area (Å²) in [4.78, 5) is 12.5. The Hall–Kier alpha value is -2.18. The molecule has 0 aliphatic rings. The molecule has 0 aliphatic carbocycles. The van der Waals surface area contributed by atoms with Crippen molar-refractivity contribution in [2.75, 3.05) is 13.6 Å². The highest BCUT2D eigenvalue weighted by atomic mass is 32.2. The fourth-order valence-corrected chi connectivity index (χ4v) is 3.99. The number of nitrogens with zero attached hydrogens (tertiary/aromatic N) is 1. The summed E-state index contributed by atoms with van der Waals surface area (Å²) < 4.78 is 26.6. The van der Waals surface area contributed by atoms with Gasteiger partial charge in [0.25, 0.3) is 0 Å². The number of nitrogens with one attached hydrogen (secondary N) is 1. The van der Waals surface area contributed by atoms with Crippen molar-refractivity contribution in [2.45, 2.75) is 31.7 Å². The molecule has 1 atom stereocenters. The first-order valence-corrected chi connectivity index (χ1v) is 9.53. The van der Waals surface area contributed by atoms with Crippen LogP contribution in [0.1, 0.15) is 29.7 Å². The van der Waals surface area contributed by atoms with Crippen molar-refractivity contribution in [3.8, 4) is 0 Å². The van der Waals surface area contributed by atoms with Gasteiger partial charge < -0.3 is 5.32 Å². The van der Waals surface area contributed by atoms with Gasteiger partial charge in [0.05, 0.1) is 17.5 Å². The fourth-order valence-electron chi connectivity index (χ4n) is 2.55. The molecule has 0 aromatic heterocycles. The Morgan fingerprint density at radius 3 is 2.40 bits per heavy atom. The van der Waals surface area contributed by atoms with Crippen molar-refractivity contribution in [1.82, 2.24) is 9.62 Å². The molecule has 2 rings (SSSR count). The van der Waals surface area contributed by atoms with E-state index in [0.29, 0.717) is 5.56 Å². The van der Waals surface area contributed by atoms with Gasteiger partial charge in [0.2, 0.25) is 15.9 Å². The molecule has 134 valence electrons. The van der Waals surface area contributed by atoms with Crippen molar-refractivity contribution in [3.05, 3.63) is 65.2 Å². The maximum atomic E-state index is 12.7. The van der Waals surface area contributed by atoms with Gasteiger partial charge in [-0.2, -0.15) is 4.31 Å². The predicted octanol–water partition coefficient (Wildman–Crippen LogP) is 2.80. The van der Waals surface area contributed by atoms with Crippen LogP contribution in [0.2, 0.25) is 0 Å². The molecule has 0 saturated heterocycles. The smallest absolute Gasteiger partial charge is 0.243 e. The summed E-state index contributed by atoms with van der Waals surface area (Å²) in [5, 5.41) is 2.83. The van der Waals surface area contributed by atoms with Crippen LogP contribution in [0.4, 0.5) is 0 Å². The second-order valence-corrected chi connectivity index (χ2v) is 8.24. The molecule has 0 radical (unpaired) electrons. The van der Waals surface area contributed by atoms with Crippen LogP contribution in [0.5, 0.6) is 0 Å². The number of aryl methyl sites for hydroxylation is 2. The molecule has 1 N–H and O–H groups in total. The van der Waals surface area contributed by atoms with Gasteiger partial charge in [0.15, 0.2) is 0 Å². The second kappa shape index (κ2) is 7.80. The summed E-state index contributed by atoms with van der Waals surface area (Å²) in [5.41, 5.74) is 2.49. The van der Waals surface area contributed by atoms with Crippen LogP contribution in [0, 0.1) is 13.8 Å². The maximum Gasteiger partial charge on any atom is 0.243 e. The number of sulfonamides is 1. The highest BCUT2D eigenvalue weighted by Gasteiger charge is 2.25. The van der Waals surface area contributed by atoms with Crippen LogP contribution in [-0.4, -0.2) is 32.2 Å². The summed E-state index contributed by atoms with van der Waals surface area (Å²) >= 11 is 0. The Balaban J connectivity index is 2.09. The third-order valence-corrected chi connectivity index (χ3v) is 6.02. The largest absolute Gasteiger partial charge is 0.348 e.